The molecule has 4 nitrogen and oxygen atoms in total. The van der Waals surface area contributed by atoms with Gasteiger partial charge < -0.3 is 10.0 Å². The van der Waals surface area contributed by atoms with E-state index in [-0.39, 0.29) is 6.42 Å². The number of benzene rings is 1. The molecule has 0 radical (unpaired) electrons. The van der Waals surface area contributed by atoms with Crippen LogP contribution in [-0.2, 0) is 9.59 Å². The van der Waals surface area contributed by atoms with E-state index in [2.05, 4.69) is 15.9 Å². The number of nitrogens with zero attached hydrogens (tertiary/aromatic N) is 1. The standard InChI is InChI=1S/C12H10BrNO3/c13-9-1-3-10(4-2-9)14-6-8(12(16)17)5-11(14)7-15/h1-4,8H,5-6H2,(H,16,17). The normalized spacial score (nSPS) is 19.2. The van der Waals surface area contributed by atoms with Crippen LogP contribution in [-0.4, -0.2) is 23.6 Å². The Hall–Kier alpha value is -1.58. The largest absolute Gasteiger partial charge is 0.481 e. The second kappa shape index (κ2) is 4.73. The Morgan fingerprint density at radius 1 is 1.41 bits per heavy atom. The van der Waals surface area contributed by atoms with Gasteiger partial charge in [-0.15, -0.1) is 0 Å². The topological polar surface area (TPSA) is 57.6 Å². The van der Waals surface area contributed by atoms with Gasteiger partial charge in [-0.2, -0.15) is 0 Å². The SMILES string of the molecule is O=C=C1CC(C(=O)O)CN1c1ccc(Br)cc1. The van der Waals surface area contributed by atoms with Gasteiger partial charge in [-0.05, 0) is 24.3 Å². The highest BCUT2D eigenvalue weighted by Gasteiger charge is 2.33. The maximum absolute atomic E-state index is 10.9. The number of allylic oxidation sites excluding steroid dienone is 1. The Morgan fingerprint density at radius 3 is 2.59 bits per heavy atom. The maximum atomic E-state index is 10.9. The van der Waals surface area contributed by atoms with Crippen molar-refractivity contribution in [3.8, 4) is 0 Å². The molecule has 17 heavy (non-hydrogen) atoms. The van der Waals surface area contributed by atoms with E-state index < -0.39 is 11.9 Å². The molecule has 5 heteroatoms. The molecule has 0 bridgehead atoms. The molecule has 1 N–H and O–H groups in total. The smallest absolute Gasteiger partial charge is 0.308 e. The van der Waals surface area contributed by atoms with Crippen molar-refractivity contribution in [2.24, 2.45) is 5.92 Å². The summed E-state index contributed by atoms with van der Waals surface area (Å²) in [7, 11) is 0. The third kappa shape index (κ3) is 2.40. The predicted octanol–water partition coefficient (Wildman–Crippen LogP) is 2.08. The molecule has 1 fully saturated rings. The number of carbonyl (C=O) groups is 1. The zero-order chi connectivity index (χ0) is 12.4. The van der Waals surface area contributed by atoms with Crippen molar-refractivity contribution in [3.63, 3.8) is 0 Å². The summed E-state index contributed by atoms with van der Waals surface area (Å²) in [6, 6.07) is 7.38. The summed E-state index contributed by atoms with van der Waals surface area (Å²) in [5.41, 5.74) is 1.22. The van der Waals surface area contributed by atoms with Crippen molar-refractivity contribution in [2.45, 2.75) is 6.42 Å². The average Bonchev–Trinajstić information content (AvgIpc) is 2.74. The van der Waals surface area contributed by atoms with Crippen molar-refractivity contribution in [2.75, 3.05) is 11.4 Å². The van der Waals surface area contributed by atoms with Crippen molar-refractivity contribution in [1.82, 2.24) is 0 Å². The molecule has 0 saturated carbocycles. The van der Waals surface area contributed by atoms with E-state index in [0.717, 1.165) is 10.2 Å². The van der Waals surface area contributed by atoms with Gasteiger partial charge in [-0.25, -0.2) is 4.79 Å². The highest BCUT2D eigenvalue weighted by molar-refractivity contribution is 9.10. The van der Waals surface area contributed by atoms with Gasteiger partial charge in [0.05, 0.1) is 5.92 Å². The van der Waals surface area contributed by atoms with E-state index in [4.69, 9.17) is 5.11 Å². The van der Waals surface area contributed by atoms with Crippen LogP contribution in [0, 0.1) is 5.92 Å². The molecule has 1 heterocycles. The summed E-state index contributed by atoms with van der Waals surface area (Å²) < 4.78 is 0.937. The Bertz CT molecular complexity index is 491. The van der Waals surface area contributed by atoms with Gasteiger partial charge in [-0.1, -0.05) is 15.9 Å². The summed E-state index contributed by atoms with van der Waals surface area (Å²) in [4.78, 5) is 23.4. The van der Waals surface area contributed by atoms with Crippen molar-refractivity contribution in [1.29, 1.82) is 0 Å². The molecule has 0 amide bonds. The van der Waals surface area contributed by atoms with E-state index in [1.165, 1.54) is 0 Å². The summed E-state index contributed by atoms with van der Waals surface area (Å²) in [6.07, 6.45) is 0.245. The molecule has 1 unspecified atom stereocenters. The van der Waals surface area contributed by atoms with E-state index in [1.54, 1.807) is 4.90 Å². The van der Waals surface area contributed by atoms with Crippen LogP contribution in [0.1, 0.15) is 6.42 Å². The predicted molar refractivity (Wildman–Crippen MR) is 66.4 cm³/mol. The van der Waals surface area contributed by atoms with Crippen LogP contribution >= 0.6 is 15.9 Å². The lowest BCUT2D eigenvalue weighted by Crippen LogP contribution is -2.22. The summed E-state index contributed by atoms with van der Waals surface area (Å²) in [6.45, 7) is 0.321. The fourth-order valence-corrected chi connectivity index (χ4v) is 2.15. The zero-order valence-electron chi connectivity index (χ0n) is 8.89. The van der Waals surface area contributed by atoms with Crippen molar-refractivity contribution in [3.05, 3.63) is 34.4 Å². The number of carboxylic acid groups (broad SMARTS) is 1. The first-order chi connectivity index (χ1) is 8.11. The number of aliphatic carboxylic acids is 1. The minimum Gasteiger partial charge on any atom is -0.481 e. The molecule has 1 aromatic carbocycles. The monoisotopic (exact) mass is 295 g/mol. The first-order valence-corrected chi connectivity index (χ1v) is 5.91. The van der Waals surface area contributed by atoms with Crippen LogP contribution in [0.25, 0.3) is 0 Å². The number of hydrogen-bond donors (Lipinski definition) is 1. The van der Waals surface area contributed by atoms with E-state index >= 15 is 0 Å². The number of anilines is 1. The molecular weight excluding hydrogens is 286 g/mol. The van der Waals surface area contributed by atoms with Crippen molar-refractivity contribution >= 4 is 33.5 Å². The lowest BCUT2D eigenvalue weighted by molar-refractivity contribution is -0.140. The van der Waals surface area contributed by atoms with Gasteiger partial charge in [0.2, 0.25) is 0 Å². The first kappa shape index (κ1) is 11.9. The highest BCUT2D eigenvalue weighted by atomic mass is 79.9. The van der Waals surface area contributed by atoms with Crippen molar-refractivity contribution < 1.29 is 14.7 Å². The molecule has 0 spiro atoms. The Morgan fingerprint density at radius 2 is 2.06 bits per heavy atom. The molecule has 1 atom stereocenters. The van der Waals surface area contributed by atoms with E-state index in [1.807, 2.05) is 30.2 Å². The van der Waals surface area contributed by atoms with Crippen LogP contribution < -0.4 is 4.90 Å². The van der Waals surface area contributed by atoms with Crippen LogP contribution in [0.3, 0.4) is 0 Å². The van der Waals surface area contributed by atoms with E-state index in [0.29, 0.717) is 12.2 Å². The van der Waals surface area contributed by atoms with Crippen LogP contribution in [0.4, 0.5) is 5.69 Å². The number of carbonyl (C=O) groups excluding carboxylic acids is 1. The van der Waals surface area contributed by atoms with Gasteiger partial charge in [0.15, 0.2) is 0 Å². The molecule has 1 aromatic rings. The number of rotatable bonds is 2. The lowest BCUT2D eigenvalue weighted by atomic mass is 10.1. The fourth-order valence-electron chi connectivity index (χ4n) is 1.88. The first-order valence-electron chi connectivity index (χ1n) is 5.11. The molecule has 88 valence electrons. The van der Waals surface area contributed by atoms with Gasteiger partial charge in [0, 0.05) is 23.1 Å². The lowest BCUT2D eigenvalue weighted by Gasteiger charge is -2.17. The Labute approximate surface area is 107 Å². The second-order valence-electron chi connectivity index (χ2n) is 3.88. The van der Waals surface area contributed by atoms with Crippen LogP contribution in [0.5, 0.6) is 0 Å². The molecule has 1 aliphatic rings. The second-order valence-corrected chi connectivity index (χ2v) is 4.79. The average molecular weight is 296 g/mol. The van der Waals surface area contributed by atoms with E-state index in [9.17, 15) is 9.59 Å². The van der Waals surface area contributed by atoms with Gasteiger partial charge in [0.1, 0.15) is 11.6 Å². The van der Waals surface area contributed by atoms with Gasteiger partial charge >= 0.3 is 5.97 Å². The fraction of sp³-hybridized carbons (Fsp3) is 0.250. The third-order valence-corrected chi connectivity index (χ3v) is 3.30. The quantitative estimate of drug-likeness (QED) is 0.849. The summed E-state index contributed by atoms with van der Waals surface area (Å²) in [5, 5.41) is 8.96. The molecule has 0 aliphatic carbocycles. The van der Waals surface area contributed by atoms with Crippen LogP contribution in [0.15, 0.2) is 34.4 Å². The third-order valence-electron chi connectivity index (χ3n) is 2.77. The Balaban J connectivity index is 2.29. The van der Waals surface area contributed by atoms with Gasteiger partial charge in [-0.3, -0.25) is 4.79 Å². The molecule has 0 aromatic heterocycles. The zero-order valence-corrected chi connectivity index (χ0v) is 10.5. The molecular formula is C12H10BrNO3. The highest BCUT2D eigenvalue weighted by Crippen LogP contribution is 2.31. The molecule has 1 aliphatic heterocycles. The molecule has 2 rings (SSSR count). The number of halogens is 1. The number of carboxylic acids is 1. The van der Waals surface area contributed by atoms with Gasteiger partial charge in [0.25, 0.3) is 0 Å². The number of hydrogen-bond acceptors (Lipinski definition) is 3. The van der Waals surface area contributed by atoms with Crippen LogP contribution in [0.2, 0.25) is 0 Å². The minimum atomic E-state index is -0.877. The summed E-state index contributed by atoms with van der Waals surface area (Å²) >= 11 is 3.32. The molecule has 1 saturated heterocycles. The Kier molecular flexibility index (Phi) is 3.31. The summed E-state index contributed by atoms with van der Waals surface area (Å²) in [5.74, 6) is 0.420. The minimum absolute atomic E-state index is 0.245. The maximum Gasteiger partial charge on any atom is 0.308 e.